The molecule has 0 unspecified atom stereocenters. The first-order chi connectivity index (χ1) is 66.2. The van der Waals surface area contributed by atoms with Crippen LogP contribution in [0.15, 0.2) is 479 Å². The quantitative estimate of drug-likeness (QED) is 0.115. The largest absolute Gasteiger partial charge is 0.248 e. The first-order valence-electron chi connectivity index (χ1n) is 47.0. The van der Waals surface area contributed by atoms with Crippen molar-refractivity contribution in [3.05, 3.63) is 513 Å². The molecule has 0 fully saturated rings. The van der Waals surface area contributed by atoms with Gasteiger partial charge in [-0.15, -0.1) is 0 Å². The summed E-state index contributed by atoms with van der Waals surface area (Å²) in [5.41, 5.74) is 45.7. The summed E-state index contributed by atoms with van der Waals surface area (Å²) in [5.74, 6) is 0. The fraction of sp³-hybridized carbons (Fsp3) is 0.0682. The molecule has 0 aliphatic heterocycles. The van der Waals surface area contributed by atoms with E-state index in [9.17, 15) is 0 Å². The van der Waals surface area contributed by atoms with Crippen molar-refractivity contribution in [1.29, 1.82) is 0 Å². The van der Waals surface area contributed by atoms with Gasteiger partial charge in [0.25, 0.3) is 0 Å². The Morgan fingerprint density at radius 3 is 0.659 bits per heavy atom. The van der Waals surface area contributed by atoms with Crippen molar-refractivity contribution in [2.24, 2.45) is 0 Å². The first-order valence-corrected chi connectivity index (χ1v) is 47.0. The summed E-state index contributed by atoms with van der Waals surface area (Å²) in [6.07, 6.45) is 0. The Bertz CT molecular complexity index is 8190. The number of hydrogen-bond acceptors (Lipinski definition) is 3. The van der Waals surface area contributed by atoms with E-state index in [-0.39, 0.29) is 16.2 Å². The van der Waals surface area contributed by atoms with Gasteiger partial charge in [-0.1, -0.05) is 454 Å². The third-order valence-corrected chi connectivity index (χ3v) is 28.4. The van der Waals surface area contributed by atoms with Gasteiger partial charge in [-0.2, -0.15) is 0 Å². The van der Waals surface area contributed by atoms with Gasteiger partial charge >= 0.3 is 0 Å². The molecular weight excluding hydrogens is 1630 g/mol. The van der Waals surface area contributed by atoms with Crippen LogP contribution >= 0.6 is 0 Å². The van der Waals surface area contributed by atoms with E-state index in [4.69, 9.17) is 15.0 Å². The van der Waals surface area contributed by atoms with Crippen LogP contribution in [-0.2, 0) is 16.2 Å². The molecule has 3 heterocycles. The number of benzene rings is 19. The van der Waals surface area contributed by atoms with Crippen LogP contribution in [0.2, 0.25) is 0 Å². The Labute approximate surface area is 790 Å². The lowest BCUT2D eigenvalue weighted by Gasteiger charge is -2.23. The lowest BCUT2D eigenvalue weighted by molar-refractivity contribution is 0.661. The van der Waals surface area contributed by atoms with Gasteiger partial charge in [0, 0.05) is 49.6 Å². The van der Waals surface area contributed by atoms with Gasteiger partial charge < -0.3 is 0 Å². The van der Waals surface area contributed by atoms with Crippen molar-refractivity contribution in [1.82, 2.24) is 15.0 Å². The van der Waals surface area contributed by atoms with Gasteiger partial charge in [0.15, 0.2) is 0 Å². The number of nitrogens with zero attached hydrogens (tertiary/aromatic N) is 3. The summed E-state index contributed by atoms with van der Waals surface area (Å²) in [6.45, 7) is 14.1. The van der Waals surface area contributed by atoms with E-state index in [1.54, 1.807) is 0 Å². The molecule has 3 nitrogen and oxygen atoms in total. The molecule has 3 aliphatic rings. The molecule has 0 atom stereocenters. The van der Waals surface area contributed by atoms with Gasteiger partial charge in [0.1, 0.15) is 0 Å². The van der Waals surface area contributed by atoms with Gasteiger partial charge in [-0.05, 0) is 244 Å². The highest BCUT2D eigenvalue weighted by atomic mass is 14.7. The molecule has 640 valence electrons. The summed E-state index contributed by atoms with van der Waals surface area (Å²) < 4.78 is 0. The molecule has 0 bridgehead atoms. The second-order valence-electron chi connectivity index (χ2n) is 37.6. The van der Waals surface area contributed by atoms with Crippen LogP contribution in [0.5, 0.6) is 0 Å². The summed E-state index contributed by atoms with van der Waals surface area (Å²) in [7, 11) is 0. The Hall–Kier alpha value is -16.6. The van der Waals surface area contributed by atoms with Crippen LogP contribution in [0.25, 0.3) is 211 Å². The van der Waals surface area contributed by atoms with E-state index in [0.717, 1.165) is 78.7 Å². The molecule has 19 aromatic carbocycles. The van der Waals surface area contributed by atoms with Crippen molar-refractivity contribution in [3.8, 4) is 179 Å². The van der Waals surface area contributed by atoms with Gasteiger partial charge in [0.05, 0.1) is 34.2 Å². The van der Waals surface area contributed by atoms with Crippen LogP contribution in [0.1, 0.15) is 74.9 Å². The molecule has 0 saturated carbocycles. The summed E-state index contributed by atoms with van der Waals surface area (Å²) in [4.78, 5) is 15.7. The lowest BCUT2D eigenvalue weighted by Crippen LogP contribution is -2.14. The minimum absolute atomic E-state index is 0.0553. The van der Waals surface area contributed by atoms with E-state index in [0.29, 0.717) is 0 Å². The zero-order chi connectivity index (χ0) is 90.9. The van der Waals surface area contributed by atoms with E-state index >= 15 is 0 Å². The second kappa shape index (κ2) is 34.3. The Balaban J connectivity index is 0.000000114. The smallest absolute Gasteiger partial charge is 0.0715 e. The maximum absolute atomic E-state index is 5.29. The van der Waals surface area contributed by atoms with Gasteiger partial charge in [-0.3, -0.25) is 0 Å². The third kappa shape index (κ3) is 15.1. The SMILES string of the molecule is CC1(C)c2ccccc2-c2c1cc1ccccc1c2-c1ccc(-c2cc(-c3ccccc3)cc(-c3ccccc3)n2)cc1.CC1(C)c2ccccc2-c2c1cc1ccccc1c2-c1cccc(-c2cc(-c3ccc(-c4ccccc4)cc3)cc(-c3ccccc3)n2)c1.CC1(C)c2ccccc2-c2c1cc1ccccc1c2-c1cccc(-c2cc(-c3ccccc3)cc(-c3ccccc3)n2)c1. The molecule has 3 aliphatic carbocycles. The average molecular weight is 1730 g/mol. The zero-order valence-electron chi connectivity index (χ0n) is 76.5. The molecule has 0 saturated heterocycles. The topological polar surface area (TPSA) is 38.7 Å². The van der Waals surface area contributed by atoms with Gasteiger partial charge in [-0.25, -0.2) is 15.0 Å². The highest BCUT2D eigenvalue weighted by Gasteiger charge is 2.41. The molecule has 0 amide bonds. The highest BCUT2D eigenvalue weighted by Crippen LogP contribution is 2.59. The standard InChI is InChI=1S/C48H35N.2C42H31N/c1-48(2)42-23-12-11-22-41(42)47-43(48)29-36-18-9-10-21-40(36)46(47)38-20-13-19-37(28-38)45-31-39(30-44(49-45)35-16-7-4-8-17-35)34-26-24-33(25-27-34)32-14-5-3-6-15-32;1-42(2)36-23-12-11-22-35(36)41-37(42)25-30-18-9-10-21-34(30)40(41)32-20-13-19-31(24-32)39-27-33(28-14-5-3-6-15-28)26-38(43-39)29-16-7-4-8-17-29;1-42(2)36-20-12-11-19-35(36)41-37(42)25-32-17-9-10-18-34(32)40(41)31-23-21-30(22-24-31)39-27-33(28-13-5-3-6-14-28)26-38(43-39)29-15-7-4-8-16-29/h3-31H,1-2H3;2*3-27H,1-2H3. The highest BCUT2D eigenvalue weighted by molar-refractivity contribution is 6.12. The minimum Gasteiger partial charge on any atom is -0.248 e. The van der Waals surface area contributed by atoms with Gasteiger partial charge in [0.2, 0.25) is 0 Å². The Morgan fingerprint density at radius 1 is 0.133 bits per heavy atom. The van der Waals surface area contributed by atoms with Crippen molar-refractivity contribution in [2.75, 3.05) is 0 Å². The van der Waals surface area contributed by atoms with Crippen LogP contribution in [-0.4, -0.2) is 15.0 Å². The predicted molar refractivity (Wildman–Crippen MR) is 569 cm³/mol. The number of pyridine rings is 3. The number of aromatic nitrogens is 3. The van der Waals surface area contributed by atoms with Crippen molar-refractivity contribution < 1.29 is 0 Å². The summed E-state index contributed by atoms with van der Waals surface area (Å²) in [5, 5.41) is 7.67. The van der Waals surface area contributed by atoms with Crippen LogP contribution in [0.4, 0.5) is 0 Å². The molecule has 22 aromatic rings. The summed E-state index contributed by atoms with van der Waals surface area (Å²) in [6, 6.07) is 173. The van der Waals surface area contributed by atoms with E-state index in [2.05, 4.69) is 515 Å². The van der Waals surface area contributed by atoms with Crippen LogP contribution in [0, 0.1) is 0 Å². The Morgan fingerprint density at radius 2 is 0.341 bits per heavy atom. The number of fused-ring (bicyclic) bond motifs is 12. The van der Waals surface area contributed by atoms with Crippen molar-refractivity contribution in [3.63, 3.8) is 0 Å². The third-order valence-electron chi connectivity index (χ3n) is 28.4. The molecule has 3 aromatic heterocycles. The minimum atomic E-state index is -0.0845. The van der Waals surface area contributed by atoms with Crippen LogP contribution in [0.3, 0.4) is 0 Å². The summed E-state index contributed by atoms with van der Waals surface area (Å²) >= 11 is 0. The maximum atomic E-state index is 5.29. The first kappa shape index (κ1) is 82.8. The second-order valence-corrected chi connectivity index (χ2v) is 37.6. The van der Waals surface area contributed by atoms with Crippen LogP contribution < -0.4 is 0 Å². The van der Waals surface area contributed by atoms with E-state index in [1.807, 2.05) is 6.07 Å². The van der Waals surface area contributed by atoms with Crippen molar-refractivity contribution >= 4 is 32.3 Å². The predicted octanol–water partition coefficient (Wildman–Crippen LogP) is 35.3. The lowest BCUT2D eigenvalue weighted by atomic mass is 9.80. The molecule has 0 spiro atoms. The van der Waals surface area contributed by atoms with Crippen molar-refractivity contribution in [2.45, 2.75) is 57.8 Å². The molecular formula is C132H97N3. The number of hydrogen-bond donors (Lipinski definition) is 0. The van der Waals surface area contributed by atoms with E-state index in [1.165, 1.54) is 166 Å². The monoisotopic (exact) mass is 1720 g/mol. The normalized spacial score (nSPS) is 13.0. The fourth-order valence-corrected chi connectivity index (χ4v) is 21.5. The van der Waals surface area contributed by atoms with E-state index < -0.39 is 0 Å². The number of rotatable bonds is 13. The average Bonchev–Trinajstić information content (AvgIpc) is 1.57. The Kier molecular flexibility index (Phi) is 21.0. The fourth-order valence-electron chi connectivity index (χ4n) is 21.5. The molecule has 135 heavy (non-hydrogen) atoms. The zero-order valence-corrected chi connectivity index (χ0v) is 76.5. The molecule has 0 radical (unpaired) electrons. The molecule has 3 heteroatoms. The maximum Gasteiger partial charge on any atom is 0.0715 e. The molecule has 0 N–H and O–H groups in total. The molecule has 25 rings (SSSR count).